The van der Waals surface area contributed by atoms with E-state index in [4.69, 9.17) is 0 Å². The molecule has 0 amide bonds. The summed E-state index contributed by atoms with van der Waals surface area (Å²) in [5.74, 6) is 3.40. The van der Waals surface area contributed by atoms with Gasteiger partial charge in [0.1, 0.15) is 0 Å². The third kappa shape index (κ3) is 1.95. The van der Waals surface area contributed by atoms with Crippen LogP contribution in [0.1, 0.15) is 57.8 Å². The lowest BCUT2D eigenvalue weighted by molar-refractivity contribution is -0.0604. The van der Waals surface area contributed by atoms with Crippen LogP contribution >= 0.6 is 0 Å². The van der Waals surface area contributed by atoms with Gasteiger partial charge in [-0.05, 0) is 94.5 Å². The van der Waals surface area contributed by atoms with Gasteiger partial charge in [0, 0.05) is 6.04 Å². The lowest BCUT2D eigenvalue weighted by Crippen LogP contribution is -2.47. The molecule has 1 heteroatoms. The van der Waals surface area contributed by atoms with E-state index in [1.165, 1.54) is 25.8 Å². The van der Waals surface area contributed by atoms with Gasteiger partial charge >= 0.3 is 0 Å². The van der Waals surface area contributed by atoms with Crippen molar-refractivity contribution in [1.29, 1.82) is 0 Å². The first kappa shape index (κ1) is 10.8. The molecule has 0 aliphatic heterocycles. The Labute approximate surface area is 106 Å². The van der Waals surface area contributed by atoms with Gasteiger partial charge in [0.2, 0.25) is 0 Å². The second-order valence-electron chi connectivity index (χ2n) is 7.88. The van der Waals surface area contributed by atoms with Crippen molar-refractivity contribution in [3.05, 3.63) is 0 Å². The van der Waals surface area contributed by atoms with Crippen molar-refractivity contribution in [2.24, 2.45) is 23.2 Å². The third-order valence-electron chi connectivity index (χ3n) is 6.33. The monoisotopic (exact) mass is 233 g/mol. The number of nitrogens with zero attached hydrogens (tertiary/aromatic N) is 1. The molecule has 5 fully saturated rings. The van der Waals surface area contributed by atoms with Crippen LogP contribution in [-0.2, 0) is 0 Å². The van der Waals surface area contributed by atoms with E-state index in [1.54, 1.807) is 38.5 Å². The van der Waals surface area contributed by atoms with E-state index in [9.17, 15) is 0 Å². The average Bonchev–Trinajstić information content (AvgIpc) is 3.07. The average molecular weight is 233 g/mol. The molecule has 5 aliphatic carbocycles. The molecule has 1 nitrogen and oxygen atoms in total. The van der Waals surface area contributed by atoms with Crippen molar-refractivity contribution in [1.82, 2.24) is 4.90 Å². The van der Waals surface area contributed by atoms with E-state index in [-0.39, 0.29) is 0 Å². The topological polar surface area (TPSA) is 3.24 Å². The predicted octanol–water partition coefficient (Wildman–Crippen LogP) is 3.69. The molecule has 0 N–H and O–H groups in total. The Hall–Kier alpha value is -0.0400. The van der Waals surface area contributed by atoms with Gasteiger partial charge in [0.05, 0.1) is 0 Å². The molecule has 5 rings (SSSR count). The number of rotatable bonds is 4. The first-order chi connectivity index (χ1) is 8.22. The molecule has 4 bridgehead atoms. The van der Waals surface area contributed by atoms with Crippen molar-refractivity contribution in [2.75, 3.05) is 13.6 Å². The molecular formula is C16H27N. The summed E-state index contributed by atoms with van der Waals surface area (Å²) in [4.78, 5) is 2.65. The Balaban J connectivity index is 1.42. The zero-order valence-electron chi connectivity index (χ0n) is 11.3. The Morgan fingerprint density at radius 1 is 0.941 bits per heavy atom. The van der Waals surface area contributed by atoms with Gasteiger partial charge in [-0.1, -0.05) is 0 Å². The minimum absolute atomic E-state index is 0.803. The second-order valence-corrected chi connectivity index (χ2v) is 7.88. The fourth-order valence-electron chi connectivity index (χ4n) is 5.71. The molecule has 0 radical (unpaired) electrons. The maximum absolute atomic E-state index is 2.65. The normalized spacial score (nSPS) is 48.0. The van der Waals surface area contributed by atoms with E-state index >= 15 is 0 Å². The predicted molar refractivity (Wildman–Crippen MR) is 70.9 cm³/mol. The van der Waals surface area contributed by atoms with Crippen LogP contribution in [0.4, 0.5) is 0 Å². The molecule has 5 aliphatic rings. The lowest BCUT2D eigenvalue weighted by atomic mass is 9.49. The van der Waals surface area contributed by atoms with Gasteiger partial charge in [-0.2, -0.15) is 0 Å². The van der Waals surface area contributed by atoms with Crippen LogP contribution in [0, 0.1) is 23.2 Å². The van der Waals surface area contributed by atoms with Crippen LogP contribution in [0.5, 0.6) is 0 Å². The maximum atomic E-state index is 2.65. The lowest BCUT2D eigenvalue weighted by Gasteiger charge is -2.57. The summed E-state index contributed by atoms with van der Waals surface area (Å²) in [6, 6.07) is 0.962. The standard InChI is InChI=1S/C16H27N/c1-17(15-2-3-15)5-4-16-9-12-6-13(10-16)8-14(7-12)11-16/h12-15H,2-11H2,1H3. The van der Waals surface area contributed by atoms with Crippen molar-refractivity contribution in [3.63, 3.8) is 0 Å². The van der Waals surface area contributed by atoms with Crippen LogP contribution in [0.15, 0.2) is 0 Å². The van der Waals surface area contributed by atoms with Crippen molar-refractivity contribution in [3.8, 4) is 0 Å². The summed E-state index contributed by atoms with van der Waals surface area (Å²) in [7, 11) is 2.36. The molecule has 0 aromatic rings. The van der Waals surface area contributed by atoms with Gasteiger partial charge in [-0.25, -0.2) is 0 Å². The Bertz CT molecular complexity index is 269. The molecule has 0 atom stereocenters. The second kappa shape index (κ2) is 3.73. The van der Waals surface area contributed by atoms with E-state index in [0.717, 1.165) is 29.2 Å². The van der Waals surface area contributed by atoms with Crippen LogP contribution in [0.3, 0.4) is 0 Å². The van der Waals surface area contributed by atoms with Gasteiger partial charge in [0.15, 0.2) is 0 Å². The minimum atomic E-state index is 0.803. The van der Waals surface area contributed by atoms with Crippen LogP contribution in [-0.4, -0.2) is 24.5 Å². The molecule has 0 heterocycles. The molecule has 96 valence electrons. The van der Waals surface area contributed by atoms with Crippen molar-refractivity contribution in [2.45, 2.75) is 63.8 Å². The van der Waals surface area contributed by atoms with Crippen LogP contribution in [0.2, 0.25) is 0 Å². The van der Waals surface area contributed by atoms with Crippen LogP contribution < -0.4 is 0 Å². The molecule has 17 heavy (non-hydrogen) atoms. The van der Waals surface area contributed by atoms with Gasteiger partial charge < -0.3 is 4.90 Å². The molecule has 0 unspecified atom stereocenters. The van der Waals surface area contributed by atoms with Crippen LogP contribution in [0.25, 0.3) is 0 Å². The Morgan fingerprint density at radius 3 is 1.94 bits per heavy atom. The highest BCUT2D eigenvalue weighted by molar-refractivity contribution is 5.01. The maximum Gasteiger partial charge on any atom is 0.00933 e. The first-order valence-electron chi connectivity index (χ1n) is 7.93. The fourth-order valence-corrected chi connectivity index (χ4v) is 5.71. The summed E-state index contributed by atoms with van der Waals surface area (Å²) in [6.07, 6.45) is 14.0. The van der Waals surface area contributed by atoms with Crippen molar-refractivity contribution < 1.29 is 0 Å². The summed E-state index contributed by atoms with van der Waals surface area (Å²) in [6.45, 7) is 1.39. The quantitative estimate of drug-likeness (QED) is 0.716. The van der Waals surface area contributed by atoms with Gasteiger partial charge in [0.25, 0.3) is 0 Å². The highest BCUT2D eigenvalue weighted by atomic mass is 15.1. The summed E-state index contributed by atoms with van der Waals surface area (Å²) in [5.41, 5.74) is 0.803. The van der Waals surface area contributed by atoms with Crippen molar-refractivity contribution >= 4 is 0 Å². The largest absolute Gasteiger partial charge is 0.303 e. The highest BCUT2D eigenvalue weighted by Crippen LogP contribution is 2.61. The Morgan fingerprint density at radius 2 is 1.47 bits per heavy atom. The third-order valence-corrected chi connectivity index (χ3v) is 6.33. The summed E-state index contributed by atoms with van der Waals surface area (Å²) >= 11 is 0. The zero-order chi connectivity index (χ0) is 11.5. The van der Waals surface area contributed by atoms with E-state index < -0.39 is 0 Å². The highest BCUT2D eigenvalue weighted by Gasteiger charge is 2.50. The smallest absolute Gasteiger partial charge is 0.00933 e. The number of hydrogen-bond donors (Lipinski definition) is 0. The van der Waals surface area contributed by atoms with Gasteiger partial charge in [-0.15, -0.1) is 0 Å². The molecule has 0 aromatic heterocycles. The van der Waals surface area contributed by atoms with E-state index in [0.29, 0.717) is 0 Å². The first-order valence-corrected chi connectivity index (χ1v) is 7.93. The van der Waals surface area contributed by atoms with Gasteiger partial charge in [-0.3, -0.25) is 0 Å². The minimum Gasteiger partial charge on any atom is -0.303 e. The zero-order valence-corrected chi connectivity index (χ0v) is 11.3. The number of hydrogen-bond acceptors (Lipinski definition) is 1. The summed E-state index contributed by atoms with van der Waals surface area (Å²) in [5, 5.41) is 0. The molecule has 0 saturated heterocycles. The molecule has 5 saturated carbocycles. The summed E-state index contributed by atoms with van der Waals surface area (Å²) < 4.78 is 0. The Kier molecular flexibility index (Phi) is 2.38. The SMILES string of the molecule is CN(CCC12CC3CC(CC(C3)C1)C2)C1CC1. The molecule has 0 spiro atoms. The van der Waals surface area contributed by atoms with E-state index in [1.807, 2.05) is 0 Å². The molecule has 0 aromatic carbocycles. The van der Waals surface area contributed by atoms with E-state index in [2.05, 4.69) is 11.9 Å². The fraction of sp³-hybridized carbons (Fsp3) is 1.00. The molecular weight excluding hydrogens is 206 g/mol.